The summed E-state index contributed by atoms with van der Waals surface area (Å²) in [4.78, 5) is 18.8. The van der Waals surface area contributed by atoms with Crippen molar-refractivity contribution in [1.29, 1.82) is 0 Å². The van der Waals surface area contributed by atoms with Crippen LogP contribution in [0.2, 0.25) is 0 Å². The fourth-order valence-electron chi connectivity index (χ4n) is 3.75. The molecule has 1 saturated heterocycles. The lowest BCUT2D eigenvalue weighted by Crippen LogP contribution is -2.35. The van der Waals surface area contributed by atoms with Gasteiger partial charge in [0, 0.05) is 37.8 Å². The number of hydrogen-bond acceptors (Lipinski definition) is 4. The molecule has 0 aromatic heterocycles. The van der Waals surface area contributed by atoms with E-state index in [0.29, 0.717) is 37.9 Å². The van der Waals surface area contributed by atoms with Crippen LogP contribution in [0.25, 0.3) is 0 Å². The first-order valence-electron chi connectivity index (χ1n) is 11.1. The summed E-state index contributed by atoms with van der Waals surface area (Å²) in [6.45, 7) is 3.44. The zero-order chi connectivity index (χ0) is 22.2. The van der Waals surface area contributed by atoms with E-state index in [1.807, 2.05) is 29.2 Å². The first kappa shape index (κ1) is 21.9. The Labute approximate surface area is 187 Å². The molecule has 8 heteroatoms. The molecule has 0 saturated carbocycles. The number of aliphatic imine (C=N–C) groups is 1. The zero-order valence-electron chi connectivity index (χ0n) is 18.1. The normalized spacial score (nSPS) is 15.9. The van der Waals surface area contributed by atoms with Crippen LogP contribution in [0.3, 0.4) is 0 Å². The predicted molar refractivity (Wildman–Crippen MR) is 122 cm³/mol. The molecule has 2 heterocycles. The number of nitrogens with one attached hydrogen (secondary N) is 2. The molecule has 0 spiro atoms. The molecule has 0 atom stereocenters. The number of hydrogen-bond donors (Lipinski definition) is 2. The number of anilines is 1. The maximum atomic E-state index is 13.4. The predicted octanol–water partition coefficient (Wildman–Crippen LogP) is 3.21. The number of likely N-dealkylation sites (tertiary alicyclic amines) is 1. The van der Waals surface area contributed by atoms with Gasteiger partial charge < -0.3 is 25.0 Å². The number of fused-ring (bicyclic) bond motifs is 1. The summed E-state index contributed by atoms with van der Waals surface area (Å²) in [5.74, 6) is 1.66. The molecule has 2 aliphatic rings. The van der Waals surface area contributed by atoms with Crippen molar-refractivity contribution in [3.8, 4) is 11.5 Å². The quantitative estimate of drug-likeness (QED) is 0.533. The maximum Gasteiger partial charge on any atom is 0.244 e. The molecule has 4 rings (SSSR count). The molecule has 0 bridgehead atoms. The summed E-state index contributed by atoms with van der Waals surface area (Å²) < 4.78 is 24.9. The number of benzene rings is 2. The van der Waals surface area contributed by atoms with Crippen LogP contribution < -0.4 is 20.1 Å². The minimum Gasteiger partial charge on any atom is -0.490 e. The highest BCUT2D eigenvalue weighted by Crippen LogP contribution is 2.32. The second-order valence-corrected chi connectivity index (χ2v) is 7.90. The number of rotatable bonds is 6. The van der Waals surface area contributed by atoms with Gasteiger partial charge in [0.1, 0.15) is 12.4 Å². The van der Waals surface area contributed by atoms with Crippen LogP contribution in [-0.4, -0.2) is 56.2 Å². The van der Waals surface area contributed by atoms with Crippen molar-refractivity contribution in [2.24, 2.45) is 4.99 Å². The summed E-state index contributed by atoms with van der Waals surface area (Å²) in [7, 11) is 0. The van der Waals surface area contributed by atoms with Gasteiger partial charge in [0.25, 0.3) is 0 Å². The molecule has 2 aromatic rings. The third-order valence-corrected chi connectivity index (χ3v) is 5.44. The molecule has 2 aromatic carbocycles. The number of halogens is 1. The Morgan fingerprint density at radius 1 is 1.03 bits per heavy atom. The fourth-order valence-corrected chi connectivity index (χ4v) is 3.75. The van der Waals surface area contributed by atoms with Crippen molar-refractivity contribution >= 4 is 17.6 Å². The van der Waals surface area contributed by atoms with Crippen LogP contribution in [0.15, 0.2) is 47.5 Å². The average molecular weight is 441 g/mol. The summed E-state index contributed by atoms with van der Waals surface area (Å²) >= 11 is 0. The van der Waals surface area contributed by atoms with Crippen LogP contribution in [-0.2, 0) is 11.2 Å². The van der Waals surface area contributed by atoms with Gasteiger partial charge in [0.15, 0.2) is 17.5 Å². The lowest BCUT2D eigenvalue weighted by Gasteiger charge is -2.16. The summed E-state index contributed by atoms with van der Waals surface area (Å²) in [6, 6.07) is 12.2. The number of carbonyl (C=O) groups is 1. The van der Waals surface area contributed by atoms with E-state index in [-0.39, 0.29) is 18.3 Å². The van der Waals surface area contributed by atoms with Crippen LogP contribution in [0.5, 0.6) is 11.5 Å². The smallest absolute Gasteiger partial charge is 0.244 e. The van der Waals surface area contributed by atoms with Crippen molar-refractivity contribution in [3.05, 3.63) is 53.8 Å². The largest absolute Gasteiger partial charge is 0.490 e. The van der Waals surface area contributed by atoms with Crippen molar-refractivity contribution in [1.82, 2.24) is 10.2 Å². The van der Waals surface area contributed by atoms with E-state index < -0.39 is 0 Å². The Balaban J connectivity index is 1.43. The second kappa shape index (κ2) is 10.8. The van der Waals surface area contributed by atoms with E-state index in [0.717, 1.165) is 49.4 Å². The Bertz CT molecular complexity index is 960. The molecule has 7 nitrogen and oxygen atoms in total. The third-order valence-electron chi connectivity index (χ3n) is 5.44. The lowest BCUT2D eigenvalue weighted by atomic mass is 10.1. The van der Waals surface area contributed by atoms with Crippen molar-refractivity contribution < 1.29 is 18.7 Å². The standard InChI is InChI=1S/C24H29FN4O3/c25-19-6-3-5-18(15-19)9-10-26-24(27-17-23(30)29-11-1-2-12-29)28-20-7-8-21-22(16-20)32-14-4-13-31-21/h3,5-8,15-16H,1-2,4,9-14,17H2,(H2,26,27,28). The van der Waals surface area contributed by atoms with Gasteiger partial charge in [-0.05, 0) is 49.1 Å². The zero-order valence-corrected chi connectivity index (χ0v) is 18.1. The van der Waals surface area contributed by atoms with Crippen molar-refractivity contribution in [2.75, 3.05) is 44.7 Å². The Morgan fingerprint density at radius 3 is 2.66 bits per heavy atom. The van der Waals surface area contributed by atoms with Crippen molar-refractivity contribution in [2.45, 2.75) is 25.7 Å². The maximum absolute atomic E-state index is 13.4. The van der Waals surface area contributed by atoms with Crippen LogP contribution >= 0.6 is 0 Å². The Kier molecular flexibility index (Phi) is 7.42. The Hall–Kier alpha value is -3.29. The minimum atomic E-state index is -0.252. The van der Waals surface area contributed by atoms with Gasteiger partial charge in [-0.2, -0.15) is 0 Å². The minimum absolute atomic E-state index is 0.0207. The summed E-state index contributed by atoms with van der Waals surface area (Å²) in [5.41, 5.74) is 1.67. The Morgan fingerprint density at radius 2 is 1.84 bits per heavy atom. The average Bonchev–Trinajstić information content (AvgIpc) is 3.23. The number of ether oxygens (including phenoxy) is 2. The highest BCUT2D eigenvalue weighted by Gasteiger charge is 2.17. The number of nitrogens with zero attached hydrogens (tertiary/aromatic N) is 2. The molecular formula is C24H29FN4O3. The van der Waals surface area contributed by atoms with Gasteiger partial charge in [0.05, 0.1) is 13.2 Å². The van der Waals surface area contributed by atoms with Gasteiger partial charge in [-0.3, -0.25) is 4.79 Å². The molecule has 1 amide bonds. The SMILES string of the molecule is O=C(CN=C(NCCc1cccc(F)c1)Nc1ccc2c(c1)OCCCO2)N1CCCC1. The number of guanidine groups is 1. The first-order valence-corrected chi connectivity index (χ1v) is 11.1. The lowest BCUT2D eigenvalue weighted by molar-refractivity contribution is -0.128. The van der Waals surface area contributed by atoms with E-state index in [1.54, 1.807) is 6.07 Å². The van der Waals surface area contributed by atoms with Crippen molar-refractivity contribution in [3.63, 3.8) is 0 Å². The highest BCUT2D eigenvalue weighted by atomic mass is 19.1. The van der Waals surface area contributed by atoms with Crippen LogP contribution in [0.4, 0.5) is 10.1 Å². The van der Waals surface area contributed by atoms with Gasteiger partial charge >= 0.3 is 0 Å². The van der Waals surface area contributed by atoms with Gasteiger partial charge in [-0.25, -0.2) is 9.38 Å². The van der Waals surface area contributed by atoms with E-state index in [9.17, 15) is 9.18 Å². The molecule has 32 heavy (non-hydrogen) atoms. The molecule has 1 fully saturated rings. The molecule has 0 unspecified atom stereocenters. The van der Waals surface area contributed by atoms with Gasteiger partial charge in [-0.15, -0.1) is 0 Å². The van der Waals surface area contributed by atoms with Crippen LogP contribution in [0.1, 0.15) is 24.8 Å². The number of amides is 1. The second-order valence-electron chi connectivity index (χ2n) is 7.90. The molecule has 2 N–H and O–H groups in total. The fraction of sp³-hybridized carbons (Fsp3) is 0.417. The van der Waals surface area contributed by atoms with E-state index in [1.165, 1.54) is 12.1 Å². The molecule has 170 valence electrons. The third kappa shape index (κ3) is 6.12. The highest BCUT2D eigenvalue weighted by molar-refractivity contribution is 5.95. The number of carbonyl (C=O) groups excluding carboxylic acids is 1. The summed E-state index contributed by atoms with van der Waals surface area (Å²) in [6.07, 6.45) is 3.55. The van der Waals surface area contributed by atoms with Gasteiger partial charge in [0.2, 0.25) is 5.91 Å². The molecule has 0 aliphatic carbocycles. The monoisotopic (exact) mass is 440 g/mol. The van der Waals surface area contributed by atoms with Gasteiger partial charge in [-0.1, -0.05) is 12.1 Å². The van der Waals surface area contributed by atoms with E-state index in [4.69, 9.17) is 9.47 Å². The molecule has 2 aliphatic heterocycles. The topological polar surface area (TPSA) is 75.2 Å². The molecular weight excluding hydrogens is 411 g/mol. The first-order chi connectivity index (χ1) is 15.7. The van der Waals surface area contributed by atoms with E-state index >= 15 is 0 Å². The summed E-state index contributed by atoms with van der Waals surface area (Å²) in [5, 5.41) is 6.50. The molecule has 0 radical (unpaired) electrons. The van der Waals surface area contributed by atoms with E-state index in [2.05, 4.69) is 15.6 Å². The van der Waals surface area contributed by atoms with Crippen LogP contribution in [0, 0.1) is 5.82 Å².